The number of hydrogen-bond acceptors (Lipinski definition) is 5. The molecular weight excluding hydrogens is 538 g/mol. The van der Waals surface area contributed by atoms with Crippen LogP contribution in [0.25, 0.3) is 0 Å². The first-order chi connectivity index (χ1) is 19.5. The lowest BCUT2D eigenvalue weighted by Gasteiger charge is -2.35. The zero-order chi connectivity index (χ0) is 29.8. The first kappa shape index (κ1) is 31.5. The van der Waals surface area contributed by atoms with Gasteiger partial charge in [0.05, 0.1) is 5.75 Å². The second-order valence-corrected chi connectivity index (χ2v) is 14.5. The maximum atomic E-state index is 13.4. The molecule has 41 heavy (non-hydrogen) atoms. The Hall–Kier alpha value is -2.46. The van der Waals surface area contributed by atoms with Crippen molar-refractivity contribution in [2.75, 3.05) is 30.8 Å². The average Bonchev–Trinajstić information content (AvgIpc) is 3.25. The highest BCUT2D eigenvalue weighted by molar-refractivity contribution is 7.89. The van der Waals surface area contributed by atoms with Crippen molar-refractivity contribution in [2.45, 2.75) is 103 Å². The van der Waals surface area contributed by atoms with Gasteiger partial charge in [0.15, 0.2) is 0 Å². The molecule has 228 valence electrons. The number of nitrogens with zero attached hydrogens (tertiary/aromatic N) is 3. The molecule has 1 aromatic carbocycles. The summed E-state index contributed by atoms with van der Waals surface area (Å²) in [5.41, 5.74) is 8.08. The van der Waals surface area contributed by atoms with E-state index in [4.69, 9.17) is 10.7 Å². The van der Waals surface area contributed by atoms with Gasteiger partial charge in [-0.05, 0) is 87.1 Å². The topological polar surface area (TPSA) is 125 Å². The summed E-state index contributed by atoms with van der Waals surface area (Å²) in [4.78, 5) is 31.2. The number of aryl methyl sites for hydroxylation is 2. The Bertz CT molecular complexity index is 1230. The molecule has 2 unspecified atom stereocenters. The third kappa shape index (κ3) is 7.13. The van der Waals surface area contributed by atoms with E-state index in [9.17, 15) is 18.0 Å². The van der Waals surface area contributed by atoms with E-state index in [0.29, 0.717) is 49.9 Å². The van der Waals surface area contributed by atoms with Gasteiger partial charge in [0.1, 0.15) is 11.4 Å². The van der Waals surface area contributed by atoms with Crippen LogP contribution in [0.4, 0.5) is 10.5 Å². The summed E-state index contributed by atoms with van der Waals surface area (Å²) in [5, 5.41) is 3.16. The zero-order valence-electron chi connectivity index (χ0n) is 25.4. The summed E-state index contributed by atoms with van der Waals surface area (Å²) >= 11 is 0. The van der Waals surface area contributed by atoms with Crippen LogP contribution in [0.2, 0.25) is 0 Å². The number of rotatable bonds is 11. The molecular formula is C31H49N5O4S. The number of urea groups is 1. The Balaban J connectivity index is 1.38. The van der Waals surface area contributed by atoms with Crippen molar-refractivity contribution in [2.24, 2.45) is 22.6 Å². The highest BCUT2D eigenvalue weighted by atomic mass is 32.2. The highest BCUT2D eigenvalue weighted by Gasteiger charge is 2.49. The fourth-order valence-corrected chi connectivity index (χ4v) is 8.44. The Kier molecular flexibility index (Phi) is 10.2. The molecule has 1 saturated heterocycles. The molecule has 10 heteroatoms. The normalized spacial score (nSPS) is 22.9. The van der Waals surface area contributed by atoms with E-state index in [1.165, 1.54) is 60.6 Å². The van der Waals surface area contributed by atoms with Crippen LogP contribution in [-0.4, -0.2) is 61.9 Å². The molecule has 3 aliphatic rings. The predicted molar refractivity (Wildman–Crippen MR) is 165 cm³/mol. The Morgan fingerprint density at radius 3 is 2.41 bits per heavy atom. The van der Waals surface area contributed by atoms with Gasteiger partial charge in [0.2, 0.25) is 10.0 Å². The molecule has 1 aromatic rings. The number of amidine groups is 1. The lowest BCUT2D eigenvalue weighted by atomic mass is 9.76. The Morgan fingerprint density at radius 2 is 1.78 bits per heavy atom. The van der Waals surface area contributed by atoms with E-state index < -0.39 is 21.6 Å². The minimum Gasteiger partial charge on any atom is -0.351 e. The van der Waals surface area contributed by atoms with Crippen LogP contribution in [0.15, 0.2) is 17.1 Å². The van der Waals surface area contributed by atoms with Crippen molar-refractivity contribution in [3.63, 3.8) is 0 Å². The highest BCUT2D eigenvalue weighted by Crippen LogP contribution is 2.39. The van der Waals surface area contributed by atoms with E-state index in [1.54, 1.807) is 7.05 Å². The van der Waals surface area contributed by atoms with Crippen molar-refractivity contribution in [1.29, 1.82) is 0 Å². The first-order valence-electron chi connectivity index (χ1n) is 15.5. The quantitative estimate of drug-likeness (QED) is 0.360. The standard InChI is InChI=1S/C31H49N5O4S/c1-5-6-7-8-11-24-12-9-10-13-27(24)28-33-29(37)31(34-28)15-17-36(18-16-31)41(39,40)19-14-26-22(2)20-25(21-23(26)3)35(4)30(32)38/h20-21,24,27H,5-19H2,1-4H3,(H2,32,38)(H,33,34,37). The largest absolute Gasteiger partial charge is 0.351 e. The number of piperidine rings is 1. The van der Waals surface area contributed by atoms with Crippen molar-refractivity contribution >= 4 is 33.5 Å². The van der Waals surface area contributed by atoms with Crippen molar-refractivity contribution in [3.05, 3.63) is 28.8 Å². The molecule has 1 aliphatic carbocycles. The number of sulfonamides is 1. The van der Waals surface area contributed by atoms with E-state index in [0.717, 1.165) is 28.9 Å². The molecule has 9 nitrogen and oxygen atoms in total. The van der Waals surface area contributed by atoms with Crippen LogP contribution in [-0.2, 0) is 21.2 Å². The van der Waals surface area contributed by atoms with Gasteiger partial charge in [-0.2, -0.15) is 0 Å². The molecule has 2 aliphatic heterocycles. The van der Waals surface area contributed by atoms with Crippen LogP contribution in [0.5, 0.6) is 0 Å². The predicted octanol–water partition coefficient (Wildman–Crippen LogP) is 4.83. The number of unbranched alkanes of at least 4 members (excludes halogenated alkanes) is 3. The van der Waals surface area contributed by atoms with Gasteiger partial charge >= 0.3 is 6.03 Å². The number of carbonyl (C=O) groups excluding carboxylic acids is 2. The fourth-order valence-electron chi connectivity index (χ4n) is 6.98. The van der Waals surface area contributed by atoms with Gasteiger partial charge in [-0.3, -0.25) is 14.7 Å². The minimum atomic E-state index is -3.51. The summed E-state index contributed by atoms with van der Waals surface area (Å²) in [6.45, 7) is 6.69. The molecule has 1 spiro atoms. The van der Waals surface area contributed by atoms with Gasteiger partial charge in [0.25, 0.3) is 5.91 Å². The summed E-state index contributed by atoms with van der Waals surface area (Å²) < 4.78 is 28.2. The van der Waals surface area contributed by atoms with E-state index in [2.05, 4.69) is 12.2 Å². The monoisotopic (exact) mass is 587 g/mol. The van der Waals surface area contributed by atoms with E-state index in [-0.39, 0.29) is 11.7 Å². The Labute approximate surface area is 246 Å². The molecule has 3 N–H and O–H groups in total. The molecule has 2 atom stereocenters. The number of amides is 3. The number of anilines is 1. The van der Waals surface area contributed by atoms with Crippen molar-refractivity contribution < 1.29 is 18.0 Å². The summed E-state index contributed by atoms with van der Waals surface area (Å²) in [6, 6.07) is 3.18. The average molecular weight is 588 g/mol. The molecule has 0 radical (unpaired) electrons. The molecule has 1 saturated carbocycles. The SMILES string of the molecule is CCCCCCC1CCCCC1C1=NC2(CCN(S(=O)(=O)CCc3c(C)cc(N(C)C(N)=O)cc3C)CC2)C(=O)N1. The fraction of sp³-hybridized carbons (Fsp3) is 0.710. The smallest absolute Gasteiger partial charge is 0.318 e. The lowest BCUT2D eigenvalue weighted by molar-refractivity contribution is -0.125. The third-order valence-electron chi connectivity index (χ3n) is 9.64. The second kappa shape index (κ2) is 13.2. The lowest BCUT2D eigenvalue weighted by Crippen LogP contribution is -2.51. The number of nitrogens with two attached hydrogens (primary N) is 1. The summed E-state index contributed by atoms with van der Waals surface area (Å²) in [5.74, 6) is 1.70. The van der Waals surface area contributed by atoms with Crippen LogP contribution < -0.4 is 16.0 Å². The number of benzene rings is 1. The van der Waals surface area contributed by atoms with Crippen LogP contribution in [0.3, 0.4) is 0 Å². The second-order valence-electron chi connectivity index (χ2n) is 12.4. The molecule has 0 bridgehead atoms. The maximum absolute atomic E-state index is 13.4. The van der Waals surface area contributed by atoms with Gasteiger partial charge in [-0.25, -0.2) is 17.5 Å². The number of primary amides is 1. The summed E-state index contributed by atoms with van der Waals surface area (Å²) in [7, 11) is -1.89. The number of aliphatic imine (C=N–C) groups is 1. The molecule has 2 fully saturated rings. The van der Waals surface area contributed by atoms with Gasteiger partial charge in [0, 0.05) is 31.7 Å². The van der Waals surface area contributed by atoms with Crippen LogP contribution in [0.1, 0.15) is 94.2 Å². The van der Waals surface area contributed by atoms with E-state index in [1.807, 2.05) is 26.0 Å². The minimum absolute atomic E-state index is 0.00478. The van der Waals surface area contributed by atoms with Crippen molar-refractivity contribution in [3.8, 4) is 0 Å². The van der Waals surface area contributed by atoms with Gasteiger partial charge in [-0.1, -0.05) is 45.4 Å². The summed E-state index contributed by atoms with van der Waals surface area (Å²) in [6.07, 6.45) is 12.1. The molecule has 3 amide bonds. The van der Waals surface area contributed by atoms with Crippen LogP contribution in [0, 0.1) is 25.7 Å². The van der Waals surface area contributed by atoms with Gasteiger partial charge in [-0.15, -0.1) is 0 Å². The first-order valence-corrected chi connectivity index (χ1v) is 17.1. The third-order valence-corrected chi connectivity index (χ3v) is 11.5. The number of nitrogens with one attached hydrogen (secondary N) is 1. The Morgan fingerprint density at radius 1 is 1.12 bits per heavy atom. The van der Waals surface area contributed by atoms with Crippen molar-refractivity contribution in [1.82, 2.24) is 9.62 Å². The zero-order valence-corrected chi connectivity index (χ0v) is 26.2. The molecule has 2 heterocycles. The molecule has 0 aromatic heterocycles. The van der Waals surface area contributed by atoms with Gasteiger partial charge < -0.3 is 11.1 Å². The molecule has 4 rings (SSSR count). The number of hydrogen-bond donors (Lipinski definition) is 2. The number of carbonyl (C=O) groups is 2. The van der Waals surface area contributed by atoms with E-state index >= 15 is 0 Å². The maximum Gasteiger partial charge on any atom is 0.318 e. The van der Waals surface area contributed by atoms with Crippen LogP contribution >= 0.6 is 0 Å².